The lowest BCUT2D eigenvalue weighted by Crippen LogP contribution is -2.53. The van der Waals surface area contributed by atoms with Gasteiger partial charge in [0.15, 0.2) is 23.0 Å². The molecule has 0 spiro atoms. The third-order valence-corrected chi connectivity index (χ3v) is 16.2. The molecule has 5 N–H and O–H groups in total. The van der Waals surface area contributed by atoms with Crippen molar-refractivity contribution in [2.24, 2.45) is 10.9 Å². The Morgan fingerprint density at radius 3 is 1.84 bits per heavy atom. The van der Waals surface area contributed by atoms with Crippen LogP contribution in [0.5, 0.6) is 23.0 Å². The molecule has 24 heteroatoms. The Balaban J connectivity index is 0.741. The smallest absolute Gasteiger partial charge is 0.260 e. The molecule has 0 saturated heterocycles. The molecule has 4 aliphatic rings. The molecular formula is C74H92N8O16. The van der Waals surface area contributed by atoms with E-state index in [1.165, 1.54) is 14.2 Å². The largest absolute Gasteiger partial charge is 0.493 e. The van der Waals surface area contributed by atoms with Crippen LogP contribution in [0.25, 0.3) is 0 Å². The van der Waals surface area contributed by atoms with Crippen LogP contribution in [-0.2, 0) is 55.9 Å². The zero-order valence-corrected chi connectivity index (χ0v) is 56.9. The van der Waals surface area contributed by atoms with Gasteiger partial charge in [-0.25, -0.2) is 0 Å². The number of hydrogen-bond donors (Lipinski definition) is 5. The molecule has 0 saturated carbocycles. The van der Waals surface area contributed by atoms with Gasteiger partial charge in [-0.3, -0.25) is 33.8 Å². The Morgan fingerprint density at radius 1 is 0.622 bits per heavy atom. The van der Waals surface area contributed by atoms with Crippen molar-refractivity contribution >= 4 is 58.7 Å². The monoisotopic (exact) mass is 1350 g/mol. The van der Waals surface area contributed by atoms with Gasteiger partial charge >= 0.3 is 0 Å². The van der Waals surface area contributed by atoms with Crippen molar-refractivity contribution in [2.75, 3.05) is 104 Å². The minimum absolute atomic E-state index is 0.00788. The number of allylic oxidation sites excluding steroid dienone is 4. The second kappa shape index (κ2) is 38.5. The van der Waals surface area contributed by atoms with Crippen molar-refractivity contribution in [1.82, 2.24) is 25.8 Å². The number of aliphatic hydroxyl groups is 1. The molecular weight excluding hydrogens is 1260 g/mol. The summed E-state index contributed by atoms with van der Waals surface area (Å²) in [5.41, 5.74) is 5.54. The first kappa shape index (κ1) is 74.4. The molecule has 4 aliphatic heterocycles. The predicted molar refractivity (Wildman–Crippen MR) is 371 cm³/mol. The first-order chi connectivity index (χ1) is 47.6. The van der Waals surface area contributed by atoms with Gasteiger partial charge in [0.25, 0.3) is 11.8 Å². The summed E-state index contributed by atoms with van der Waals surface area (Å²) in [5.74, 6) is -0.837. The zero-order chi connectivity index (χ0) is 69.8. The highest BCUT2D eigenvalue weighted by molar-refractivity contribution is 6.05. The molecule has 4 heterocycles. The number of hydrogen-bond acceptors (Lipinski definition) is 18. The van der Waals surface area contributed by atoms with Crippen LogP contribution < -0.4 is 45.1 Å². The zero-order valence-electron chi connectivity index (χ0n) is 56.9. The highest BCUT2D eigenvalue weighted by atomic mass is 16.6. The second-order valence-electron chi connectivity index (χ2n) is 23.8. The number of fused-ring (bicyclic) bond motifs is 4. The Kier molecular flexibility index (Phi) is 29.2. The Morgan fingerprint density at radius 2 is 1.20 bits per heavy atom. The van der Waals surface area contributed by atoms with Gasteiger partial charge in [-0.05, 0) is 86.1 Å². The minimum atomic E-state index is -1.21. The highest BCUT2D eigenvalue weighted by Gasteiger charge is 2.43. The maximum atomic E-state index is 14.4. The molecule has 24 nitrogen and oxygen atoms in total. The average molecular weight is 1350 g/mol. The first-order valence-corrected chi connectivity index (χ1v) is 33.1. The summed E-state index contributed by atoms with van der Waals surface area (Å²) in [5, 5.41) is 23.4. The molecule has 98 heavy (non-hydrogen) atoms. The maximum Gasteiger partial charge on any atom is 0.260 e. The fourth-order valence-electron chi connectivity index (χ4n) is 11.1. The number of nitrogens with one attached hydrogen (secondary N) is 4. The van der Waals surface area contributed by atoms with Crippen molar-refractivity contribution in [3.05, 3.63) is 173 Å². The van der Waals surface area contributed by atoms with Gasteiger partial charge in [-0.1, -0.05) is 105 Å². The van der Waals surface area contributed by atoms with Crippen LogP contribution in [0.1, 0.15) is 92.1 Å². The summed E-state index contributed by atoms with van der Waals surface area (Å²) in [6.07, 6.45) is 13.7. The molecule has 0 fully saturated rings. The van der Waals surface area contributed by atoms with Crippen LogP contribution in [-0.4, -0.2) is 181 Å². The molecule has 0 aliphatic carbocycles. The quantitative estimate of drug-likeness (QED) is 0.0265. The number of methoxy groups -OCH3 is 2. The Bertz CT molecular complexity index is 3570. The average Bonchev–Trinajstić information content (AvgIpc) is 1.60. The van der Waals surface area contributed by atoms with Gasteiger partial charge < -0.3 is 83.7 Å². The number of aliphatic imine (C=N–C) groups is 1. The number of ether oxygens (including phenoxy) is 9. The van der Waals surface area contributed by atoms with E-state index < -0.39 is 36.2 Å². The highest BCUT2D eigenvalue weighted by Crippen LogP contribution is 2.43. The number of benzene rings is 3. The van der Waals surface area contributed by atoms with Crippen LogP contribution in [0.15, 0.2) is 156 Å². The molecule has 6 amide bonds. The third-order valence-electron chi connectivity index (χ3n) is 16.2. The Labute approximate surface area is 573 Å². The lowest BCUT2D eigenvalue weighted by molar-refractivity contribution is -0.132. The third kappa shape index (κ3) is 21.5. The van der Waals surface area contributed by atoms with Crippen molar-refractivity contribution in [2.45, 2.75) is 104 Å². The predicted octanol–water partition coefficient (Wildman–Crippen LogP) is 8.45. The fourth-order valence-corrected chi connectivity index (χ4v) is 11.1. The van der Waals surface area contributed by atoms with Crippen LogP contribution in [0.4, 0.5) is 17.1 Å². The summed E-state index contributed by atoms with van der Waals surface area (Å²) in [4.78, 5) is 89.7. The minimum Gasteiger partial charge on any atom is -0.493 e. The number of amides is 6. The summed E-state index contributed by atoms with van der Waals surface area (Å²) in [6.45, 7) is 12.2. The van der Waals surface area contributed by atoms with Crippen molar-refractivity contribution in [3.8, 4) is 23.0 Å². The van der Waals surface area contributed by atoms with Gasteiger partial charge in [-0.15, -0.1) is 0 Å². The van der Waals surface area contributed by atoms with Crippen LogP contribution >= 0.6 is 0 Å². The van der Waals surface area contributed by atoms with E-state index in [-0.39, 0.29) is 93.8 Å². The van der Waals surface area contributed by atoms with Crippen molar-refractivity contribution in [3.63, 3.8) is 0 Å². The number of aliphatic hydroxyl groups excluding tert-OH is 1. The lowest BCUT2D eigenvalue weighted by Gasteiger charge is -2.33. The van der Waals surface area contributed by atoms with E-state index in [2.05, 4.69) is 26.3 Å². The van der Waals surface area contributed by atoms with Crippen LogP contribution in [0, 0.1) is 5.92 Å². The maximum absolute atomic E-state index is 14.4. The van der Waals surface area contributed by atoms with E-state index in [0.29, 0.717) is 111 Å². The van der Waals surface area contributed by atoms with E-state index in [0.717, 1.165) is 22.3 Å². The van der Waals surface area contributed by atoms with Gasteiger partial charge in [0.2, 0.25) is 23.6 Å². The molecule has 4 aromatic rings. The normalized spacial score (nSPS) is 16.8. The molecule has 5 atom stereocenters. The standard InChI is InChI=1S/C74H92N8O16/c1-8-18-54-38-57-45-76-60-43-65(63(90-6)41-58(60)72(87)80(57)46-54)97-28-17-29-98-66-44-61-59(42-64(66)91-7)73(88)81-47-55(19-9-2)39-62(81)74(89)82(61)49-96-48-53-22-24-56(25-23-53)78-70(85)51(5)77-71(86)69(50(3)4)79-67(83)26-30-92-32-34-94-36-37-95-35-33-93-31-27-75-68(84)40-52-20-15-13-11-10-12-14-16-21-52/h8-16,18-25,41-47,50-51,57,62,69,74,89H,17,26-40,48-49H2,1-7H3,(H,75,84)(H,77,86)(H,78,85)(H,79,83)/b11-10?,12-10?,13-11?,14-12?,15-13?,16-14?,18-8+,19-9+,20-15?,21-16?,52-20?,52-21?/t51-,57-,62-,69-,74-/m0/s1. The van der Waals surface area contributed by atoms with E-state index in [1.807, 2.05) is 98.9 Å². The molecule has 0 aromatic heterocycles. The molecule has 8 rings (SSSR count). The van der Waals surface area contributed by atoms with Crippen LogP contribution in [0.3, 0.4) is 0 Å². The molecule has 0 bridgehead atoms. The number of nitrogens with zero attached hydrogens (tertiary/aromatic N) is 4. The SMILES string of the molecule is C/C=C/C1=CN2C(=O)c3cc(OC)c(OCCCOc4cc5c(cc4OC)C(=O)N4C=C(/C=C/C)C[C@H]4[C@H](O)N5COCc4ccc(NC(=O)[C@H](C)NC(=O)[C@@H](NC(=O)CCOCCOCCOCCOCCNC(=O)Cc5ccccccccc5)C(C)C)cc4)cc3N=C[C@@H]2C1. The van der Waals surface area contributed by atoms with Gasteiger partial charge in [0.1, 0.15) is 25.0 Å². The number of carbonyl (C=O) groups is 6. The first-order valence-electron chi connectivity index (χ1n) is 33.1. The molecule has 0 radical (unpaired) electrons. The topological polar surface area (TPSA) is 276 Å². The fraction of sp³-hybridized carbons (Fsp3) is 0.419. The summed E-state index contributed by atoms with van der Waals surface area (Å²) >= 11 is 0. The number of carbonyl (C=O) groups excluding carboxylic acids is 6. The van der Waals surface area contributed by atoms with Crippen molar-refractivity contribution in [1.29, 1.82) is 0 Å². The van der Waals surface area contributed by atoms with Gasteiger partial charge in [-0.2, -0.15) is 0 Å². The molecule has 0 unspecified atom stereocenters. The number of anilines is 2. The Hall–Kier alpha value is -9.43. The number of rotatable bonds is 37. The van der Waals surface area contributed by atoms with E-state index in [1.54, 1.807) is 96.4 Å². The van der Waals surface area contributed by atoms with E-state index >= 15 is 0 Å². The van der Waals surface area contributed by atoms with Crippen LogP contribution in [0.2, 0.25) is 0 Å². The summed E-state index contributed by atoms with van der Waals surface area (Å²) in [6, 6.07) is 28.1. The van der Waals surface area contributed by atoms with E-state index in [4.69, 9.17) is 42.6 Å². The summed E-state index contributed by atoms with van der Waals surface area (Å²) < 4.78 is 52.5. The van der Waals surface area contributed by atoms with E-state index in [9.17, 15) is 33.9 Å². The van der Waals surface area contributed by atoms with Gasteiger partial charge in [0.05, 0.1) is 128 Å². The second-order valence-corrected chi connectivity index (χ2v) is 23.8. The molecule has 4 aromatic carbocycles. The van der Waals surface area contributed by atoms with Crippen molar-refractivity contribution < 1.29 is 76.5 Å². The molecule has 524 valence electrons. The van der Waals surface area contributed by atoms with Gasteiger partial charge in [0, 0.05) is 55.8 Å². The lowest BCUT2D eigenvalue weighted by atomic mass is 10.0. The summed E-state index contributed by atoms with van der Waals surface area (Å²) in [7, 11) is 3.00.